The van der Waals surface area contributed by atoms with E-state index in [1.165, 1.54) is 24.3 Å². The van der Waals surface area contributed by atoms with Crippen LogP contribution in [0.15, 0.2) is 36.1 Å². The molecule has 17 heavy (non-hydrogen) atoms. The first kappa shape index (κ1) is 11.5. The molecule has 0 amide bonds. The lowest BCUT2D eigenvalue weighted by Gasteiger charge is -2.02. The van der Waals surface area contributed by atoms with E-state index in [9.17, 15) is 4.79 Å². The number of carbonyl (C=O) groups is 1. The van der Waals surface area contributed by atoms with Crippen molar-refractivity contribution in [1.29, 1.82) is 0 Å². The molecule has 0 bridgehead atoms. The molecule has 0 fully saturated rings. The molecule has 0 spiro atoms. The Bertz CT molecular complexity index is 521. The third kappa shape index (κ3) is 2.97. The summed E-state index contributed by atoms with van der Waals surface area (Å²) < 4.78 is 0. The molecule has 2 heterocycles. The van der Waals surface area contributed by atoms with Crippen LogP contribution in [0.2, 0.25) is 0 Å². The predicted molar refractivity (Wildman–Crippen MR) is 60.6 cm³/mol. The topological polar surface area (TPSA) is 88.9 Å². The summed E-state index contributed by atoms with van der Waals surface area (Å²) in [6, 6.07) is 1.72. The van der Waals surface area contributed by atoms with Crippen molar-refractivity contribution >= 4 is 17.7 Å². The molecule has 7 heteroatoms. The fraction of sp³-hybridized carbons (Fsp3) is 0.100. The normalized spacial score (nSPS) is 10.1. The van der Waals surface area contributed by atoms with Gasteiger partial charge in [0.05, 0.1) is 5.69 Å². The highest BCUT2D eigenvalue weighted by atomic mass is 32.2. The number of thioether (sulfide) groups is 1. The molecular weight excluding hydrogens is 240 g/mol. The number of aromatic carboxylic acids is 1. The minimum Gasteiger partial charge on any atom is -0.478 e. The molecule has 0 atom stereocenters. The molecule has 0 aliphatic heterocycles. The molecule has 1 N–H and O–H groups in total. The monoisotopic (exact) mass is 248 g/mol. The Labute approximate surface area is 101 Å². The second-order valence-electron chi connectivity index (χ2n) is 3.01. The van der Waals surface area contributed by atoms with Gasteiger partial charge in [0.15, 0.2) is 5.16 Å². The van der Waals surface area contributed by atoms with Gasteiger partial charge in [0.1, 0.15) is 11.9 Å². The predicted octanol–water partition coefficient (Wildman–Crippen LogP) is 1.26. The van der Waals surface area contributed by atoms with Crippen molar-refractivity contribution in [2.75, 3.05) is 0 Å². The largest absolute Gasteiger partial charge is 0.478 e. The maximum Gasteiger partial charge on any atom is 0.339 e. The number of hydrogen-bond acceptors (Lipinski definition) is 6. The van der Waals surface area contributed by atoms with E-state index in [0.717, 1.165) is 0 Å². The second-order valence-corrected chi connectivity index (χ2v) is 3.95. The summed E-state index contributed by atoms with van der Waals surface area (Å²) in [7, 11) is 0. The molecule has 0 saturated heterocycles. The van der Waals surface area contributed by atoms with Gasteiger partial charge in [0, 0.05) is 24.3 Å². The molecule has 0 aliphatic rings. The number of nitrogens with zero attached hydrogens (tertiary/aromatic N) is 4. The molecule has 0 aromatic carbocycles. The maximum atomic E-state index is 10.9. The highest BCUT2D eigenvalue weighted by Gasteiger charge is 2.11. The fourth-order valence-electron chi connectivity index (χ4n) is 1.14. The van der Waals surface area contributed by atoms with E-state index in [1.807, 2.05) is 0 Å². The summed E-state index contributed by atoms with van der Waals surface area (Å²) in [5.74, 6) is -0.635. The van der Waals surface area contributed by atoms with E-state index in [-0.39, 0.29) is 5.56 Å². The summed E-state index contributed by atoms with van der Waals surface area (Å²) in [5, 5.41) is 9.53. The third-order valence-electron chi connectivity index (χ3n) is 1.91. The SMILES string of the molecule is O=C(O)c1cncnc1CSc1ncccn1. The molecule has 6 nitrogen and oxygen atoms in total. The Balaban J connectivity index is 2.12. The summed E-state index contributed by atoms with van der Waals surface area (Å²) in [6.45, 7) is 0. The second kappa shape index (κ2) is 5.35. The third-order valence-corrected chi connectivity index (χ3v) is 2.79. The van der Waals surface area contributed by atoms with Crippen molar-refractivity contribution in [2.45, 2.75) is 10.9 Å². The number of rotatable bonds is 4. The van der Waals surface area contributed by atoms with Gasteiger partial charge in [-0.2, -0.15) is 0 Å². The van der Waals surface area contributed by atoms with Gasteiger partial charge in [-0.05, 0) is 6.07 Å². The zero-order chi connectivity index (χ0) is 12.1. The molecule has 2 rings (SSSR count). The summed E-state index contributed by atoms with van der Waals surface area (Å²) >= 11 is 1.33. The fourth-order valence-corrected chi connectivity index (χ4v) is 1.91. The van der Waals surface area contributed by atoms with Crippen LogP contribution in [0.25, 0.3) is 0 Å². The highest BCUT2D eigenvalue weighted by Crippen LogP contribution is 2.18. The lowest BCUT2D eigenvalue weighted by Crippen LogP contribution is -2.04. The smallest absolute Gasteiger partial charge is 0.339 e. The minimum absolute atomic E-state index is 0.107. The number of hydrogen-bond donors (Lipinski definition) is 1. The van der Waals surface area contributed by atoms with Gasteiger partial charge < -0.3 is 5.11 Å². The van der Waals surface area contributed by atoms with E-state index < -0.39 is 5.97 Å². The summed E-state index contributed by atoms with van der Waals surface area (Å²) in [6.07, 6.45) is 5.88. The van der Waals surface area contributed by atoms with Crippen molar-refractivity contribution < 1.29 is 9.90 Å². The van der Waals surface area contributed by atoms with Gasteiger partial charge in [-0.25, -0.2) is 24.7 Å². The van der Waals surface area contributed by atoms with E-state index in [2.05, 4.69) is 19.9 Å². The van der Waals surface area contributed by atoms with Crippen LogP contribution in [0.3, 0.4) is 0 Å². The van der Waals surface area contributed by atoms with Gasteiger partial charge in [-0.15, -0.1) is 0 Å². The first-order valence-corrected chi connectivity index (χ1v) is 5.68. The van der Waals surface area contributed by atoms with Crippen molar-refractivity contribution in [3.63, 3.8) is 0 Å². The average Bonchev–Trinajstić information content (AvgIpc) is 2.38. The van der Waals surface area contributed by atoms with Crippen molar-refractivity contribution in [3.8, 4) is 0 Å². The molecule has 2 aromatic heterocycles. The highest BCUT2D eigenvalue weighted by molar-refractivity contribution is 7.98. The molecule has 0 aliphatic carbocycles. The van der Waals surface area contributed by atoms with Gasteiger partial charge >= 0.3 is 5.97 Å². The molecule has 0 unspecified atom stereocenters. The van der Waals surface area contributed by atoms with Crippen molar-refractivity contribution in [2.24, 2.45) is 0 Å². The maximum absolute atomic E-state index is 10.9. The van der Waals surface area contributed by atoms with Crippen molar-refractivity contribution in [1.82, 2.24) is 19.9 Å². The van der Waals surface area contributed by atoms with Crippen LogP contribution >= 0.6 is 11.8 Å². The van der Waals surface area contributed by atoms with Crippen LogP contribution in [-0.2, 0) is 5.75 Å². The molecule has 2 aromatic rings. The van der Waals surface area contributed by atoms with E-state index >= 15 is 0 Å². The lowest BCUT2D eigenvalue weighted by atomic mass is 10.2. The minimum atomic E-state index is -1.03. The first-order chi connectivity index (χ1) is 8.27. The number of carboxylic acid groups (broad SMARTS) is 1. The van der Waals surface area contributed by atoms with Gasteiger partial charge in [-0.1, -0.05) is 11.8 Å². The van der Waals surface area contributed by atoms with Crippen LogP contribution < -0.4 is 0 Å². The standard InChI is InChI=1S/C10H8N4O2S/c15-9(16)7-4-11-6-14-8(7)5-17-10-12-2-1-3-13-10/h1-4,6H,5H2,(H,15,16). The molecule has 0 saturated carbocycles. The average molecular weight is 248 g/mol. The number of aromatic nitrogens is 4. The summed E-state index contributed by atoms with van der Waals surface area (Å²) in [4.78, 5) is 26.6. The van der Waals surface area contributed by atoms with E-state index in [4.69, 9.17) is 5.11 Å². The molecule has 86 valence electrons. The Hall–Kier alpha value is -2.02. The Morgan fingerprint density at radius 2 is 2.06 bits per heavy atom. The zero-order valence-corrected chi connectivity index (χ0v) is 9.46. The Morgan fingerprint density at radius 3 is 2.76 bits per heavy atom. The van der Waals surface area contributed by atoms with E-state index in [1.54, 1.807) is 18.5 Å². The van der Waals surface area contributed by atoms with Gasteiger partial charge in [0.2, 0.25) is 0 Å². The van der Waals surface area contributed by atoms with Gasteiger partial charge in [-0.3, -0.25) is 0 Å². The van der Waals surface area contributed by atoms with Crippen LogP contribution in [0.1, 0.15) is 16.1 Å². The van der Waals surface area contributed by atoms with Crippen LogP contribution in [0, 0.1) is 0 Å². The van der Waals surface area contributed by atoms with Crippen LogP contribution in [0.4, 0.5) is 0 Å². The molecule has 0 radical (unpaired) electrons. The van der Waals surface area contributed by atoms with Crippen LogP contribution in [0.5, 0.6) is 0 Å². The molecular formula is C10H8N4O2S. The van der Waals surface area contributed by atoms with Crippen molar-refractivity contribution in [3.05, 3.63) is 42.2 Å². The van der Waals surface area contributed by atoms with E-state index in [0.29, 0.717) is 16.6 Å². The first-order valence-electron chi connectivity index (χ1n) is 4.69. The Morgan fingerprint density at radius 1 is 1.29 bits per heavy atom. The quantitative estimate of drug-likeness (QED) is 0.643. The lowest BCUT2D eigenvalue weighted by molar-refractivity contribution is 0.0695. The van der Waals surface area contributed by atoms with Crippen LogP contribution in [-0.4, -0.2) is 31.0 Å². The zero-order valence-electron chi connectivity index (χ0n) is 8.65. The Kier molecular flexibility index (Phi) is 3.61. The number of carboxylic acids is 1. The summed E-state index contributed by atoms with van der Waals surface area (Å²) in [5.41, 5.74) is 0.570. The van der Waals surface area contributed by atoms with Gasteiger partial charge in [0.25, 0.3) is 0 Å².